The van der Waals surface area contributed by atoms with Crippen LogP contribution in [0.2, 0.25) is 0 Å². The van der Waals surface area contributed by atoms with Gasteiger partial charge in [-0.05, 0) is 30.3 Å². The maximum atomic E-state index is 12.0. The van der Waals surface area contributed by atoms with E-state index in [-0.39, 0.29) is 12.5 Å². The van der Waals surface area contributed by atoms with Crippen molar-refractivity contribution in [2.24, 2.45) is 7.05 Å². The van der Waals surface area contributed by atoms with E-state index < -0.39 is 0 Å². The van der Waals surface area contributed by atoms with E-state index in [2.05, 4.69) is 5.32 Å². The van der Waals surface area contributed by atoms with Crippen molar-refractivity contribution >= 4 is 11.6 Å². The number of benzene rings is 1. The molecule has 0 spiro atoms. The normalized spacial score (nSPS) is 10.3. The van der Waals surface area contributed by atoms with Crippen LogP contribution >= 0.6 is 0 Å². The second kappa shape index (κ2) is 5.58. The Balaban J connectivity index is 2.20. The number of anilines is 1. The molecule has 0 bridgehead atoms. The number of ether oxygens (including phenoxy) is 1. The molecule has 1 aromatic heterocycles. The number of aliphatic hydroxyl groups is 1. The number of aromatic nitrogens is 1. The summed E-state index contributed by atoms with van der Waals surface area (Å²) in [7, 11) is 3.35. The number of aliphatic hydroxyl groups excluding tert-OH is 1. The Hall–Kier alpha value is -2.27. The Morgan fingerprint density at radius 3 is 2.79 bits per heavy atom. The minimum absolute atomic E-state index is 0.142. The standard InChI is InChI=1S/C14H16N2O3/c1-16-7-3-4-12(16)14(18)15-11-5-6-13(19-2)10(8-11)9-17/h3-8,17H,9H2,1-2H3,(H,15,18). The minimum Gasteiger partial charge on any atom is -0.496 e. The molecule has 19 heavy (non-hydrogen) atoms. The Kier molecular flexibility index (Phi) is 3.87. The second-order valence-electron chi connectivity index (χ2n) is 4.14. The first-order valence-electron chi connectivity index (χ1n) is 5.86. The third kappa shape index (κ3) is 2.77. The number of carbonyl (C=O) groups is 1. The van der Waals surface area contributed by atoms with Gasteiger partial charge in [0, 0.05) is 24.5 Å². The van der Waals surface area contributed by atoms with E-state index in [0.717, 1.165) is 0 Å². The molecule has 2 rings (SSSR count). The van der Waals surface area contributed by atoms with Crippen molar-refractivity contribution in [2.45, 2.75) is 6.61 Å². The Bertz CT molecular complexity index is 590. The summed E-state index contributed by atoms with van der Waals surface area (Å²) in [5.74, 6) is 0.404. The molecule has 5 heteroatoms. The van der Waals surface area contributed by atoms with Gasteiger partial charge in [0.05, 0.1) is 13.7 Å². The predicted octanol–water partition coefficient (Wildman–Crippen LogP) is 1.78. The minimum atomic E-state index is -0.193. The summed E-state index contributed by atoms with van der Waals surface area (Å²) >= 11 is 0. The molecule has 0 saturated heterocycles. The van der Waals surface area contributed by atoms with Crippen LogP contribution in [-0.2, 0) is 13.7 Å². The van der Waals surface area contributed by atoms with Crippen LogP contribution < -0.4 is 10.1 Å². The number of methoxy groups -OCH3 is 1. The van der Waals surface area contributed by atoms with Gasteiger partial charge in [0.1, 0.15) is 11.4 Å². The monoisotopic (exact) mass is 260 g/mol. The van der Waals surface area contributed by atoms with Gasteiger partial charge >= 0.3 is 0 Å². The van der Waals surface area contributed by atoms with Gasteiger partial charge in [0.2, 0.25) is 0 Å². The highest BCUT2D eigenvalue weighted by molar-refractivity contribution is 6.03. The van der Waals surface area contributed by atoms with Gasteiger partial charge in [-0.1, -0.05) is 0 Å². The Morgan fingerprint density at radius 1 is 1.42 bits per heavy atom. The summed E-state index contributed by atoms with van der Waals surface area (Å²) in [5, 5.41) is 12.0. The highest BCUT2D eigenvalue weighted by atomic mass is 16.5. The lowest BCUT2D eigenvalue weighted by molar-refractivity contribution is 0.101. The molecular weight excluding hydrogens is 244 g/mol. The lowest BCUT2D eigenvalue weighted by Gasteiger charge is -2.10. The van der Waals surface area contributed by atoms with E-state index in [9.17, 15) is 9.90 Å². The van der Waals surface area contributed by atoms with Gasteiger partial charge in [-0.25, -0.2) is 0 Å². The third-order valence-electron chi connectivity index (χ3n) is 2.89. The highest BCUT2D eigenvalue weighted by Gasteiger charge is 2.10. The van der Waals surface area contributed by atoms with Crippen LogP contribution in [0, 0.1) is 0 Å². The first-order chi connectivity index (χ1) is 9.15. The number of carbonyl (C=O) groups excluding carboxylic acids is 1. The Morgan fingerprint density at radius 2 is 2.21 bits per heavy atom. The van der Waals surface area contributed by atoms with Crippen molar-refractivity contribution in [2.75, 3.05) is 12.4 Å². The molecule has 1 aromatic carbocycles. The van der Waals surface area contributed by atoms with E-state index in [4.69, 9.17) is 4.74 Å². The molecule has 2 N–H and O–H groups in total. The summed E-state index contributed by atoms with van der Waals surface area (Å²) in [6.07, 6.45) is 1.81. The summed E-state index contributed by atoms with van der Waals surface area (Å²) < 4.78 is 6.85. The molecule has 0 fully saturated rings. The van der Waals surface area contributed by atoms with E-state index in [1.807, 2.05) is 19.3 Å². The van der Waals surface area contributed by atoms with Gasteiger partial charge in [-0.2, -0.15) is 0 Å². The van der Waals surface area contributed by atoms with Gasteiger partial charge < -0.3 is 19.7 Å². The summed E-state index contributed by atoms with van der Waals surface area (Å²) in [6.45, 7) is -0.142. The maximum absolute atomic E-state index is 12.0. The average Bonchev–Trinajstić information content (AvgIpc) is 2.85. The molecule has 5 nitrogen and oxygen atoms in total. The van der Waals surface area contributed by atoms with E-state index in [0.29, 0.717) is 22.7 Å². The molecule has 0 atom stereocenters. The largest absolute Gasteiger partial charge is 0.496 e. The number of rotatable bonds is 4. The van der Waals surface area contributed by atoms with Crippen LogP contribution in [0.25, 0.3) is 0 Å². The lowest BCUT2D eigenvalue weighted by Crippen LogP contribution is -2.15. The number of hydrogen-bond donors (Lipinski definition) is 2. The zero-order chi connectivity index (χ0) is 13.8. The van der Waals surface area contributed by atoms with Gasteiger partial charge in [-0.15, -0.1) is 0 Å². The second-order valence-corrected chi connectivity index (χ2v) is 4.14. The van der Waals surface area contributed by atoms with Crippen LogP contribution in [0.5, 0.6) is 5.75 Å². The first kappa shape index (κ1) is 13.2. The fourth-order valence-electron chi connectivity index (χ4n) is 1.87. The summed E-state index contributed by atoms with van der Waals surface area (Å²) in [4.78, 5) is 12.0. The molecule has 0 aliphatic rings. The molecule has 0 saturated carbocycles. The van der Waals surface area contributed by atoms with E-state index in [1.165, 1.54) is 7.11 Å². The van der Waals surface area contributed by atoms with Crippen LogP contribution in [0.1, 0.15) is 16.1 Å². The number of aryl methyl sites for hydroxylation is 1. The third-order valence-corrected chi connectivity index (χ3v) is 2.89. The molecule has 1 heterocycles. The molecule has 2 aromatic rings. The molecule has 0 aliphatic heterocycles. The molecule has 0 radical (unpaired) electrons. The lowest BCUT2D eigenvalue weighted by atomic mass is 10.2. The summed E-state index contributed by atoms with van der Waals surface area (Å²) in [6, 6.07) is 8.69. The van der Waals surface area contributed by atoms with E-state index >= 15 is 0 Å². The molecule has 0 aliphatic carbocycles. The molecule has 1 amide bonds. The van der Waals surface area contributed by atoms with Crippen LogP contribution in [-0.4, -0.2) is 22.7 Å². The van der Waals surface area contributed by atoms with Crippen LogP contribution in [0.3, 0.4) is 0 Å². The van der Waals surface area contributed by atoms with Gasteiger partial charge in [0.15, 0.2) is 0 Å². The molecule has 100 valence electrons. The topological polar surface area (TPSA) is 63.5 Å². The number of hydrogen-bond acceptors (Lipinski definition) is 3. The number of nitrogens with one attached hydrogen (secondary N) is 1. The van der Waals surface area contributed by atoms with Crippen LogP contribution in [0.4, 0.5) is 5.69 Å². The quantitative estimate of drug-likeness (QED) is 0.880. The zero-order valence-electron chi connectivity index (χ0n) is 10.9. The van der Waals surface area contributed by atoms with Crippen molar-refractivity contribution in [3.63, 3.8) is 0 Å². The number of amides is 1. The SMILES string of the molecule is COc1ccc(NC(=O)c2cccn2C)cc1CO. The zero-order valence-corrected chi connectivity index (χ0v) is 10.9. The van der Waals surface area contributed by atoms with Gasteiger partial charge in [0.25, 0.3) is 5.91 Å². The van der Waals surface area contributed by atoms with Crippen molar-refractivity contribution in [1.82, 2.24) is 4.57 Å². The molecular formula is C14H16N2O3. The van der Waals surface area contributed by atoms with Crippen LogP contribution in [0.15, 0.2) is 36.5 Å². The van der Waals surface area contributed by atoms with Crippen molar-refractivity contribution < 1.29 is 14.6 Å². The van der Waals surface area contributed by atoms with E-state index in [1.54, 1.807) is 28.8 Å². The number of nitrogens with zero attached hydrogens (tertiary/aromatic N) is 1. The fraction of sp³-hybridized carbons (Fsp3) is 0.214. The van der Waals surface area contributed by atoms with Crippen molar-refractivity contribution in [3.05, 3.63) is 47.8 Å². The van der Waals surface area contributed by atoms with Gasteiger partial charge in [-0.3, -0.25) is 4.79 Å². The fourth-order valence-corrected chi connectivity index (χ4v) is 1.87. The Labute approximate surface area is 111 Å². The van der Waals surface area contributed by atoms with Crippen molar-refractivity contribution in [1.29, 1.82) is 0 Å². The average molecular weight is 260 g/mol. The highest BCUT2D eigenvalue weighted by Crippen LogP contribution is 2.22. The first-order valence-corrected chi connectivity index (χ1v) is 5.86. The van der Waals surface area contributed by atoms with Crippen molar-refractivity contribution in [3.8, 4) is 5.75 Å². The maximum Gasteiger partial charge on any atom is 0.272 e. The molecule has 0 unspecified atom stereocenters. The predicted molar refractivity (Wildman–Crippen MR) is 72.3 cm³/mol. The summed E-state index contributed by atoms with van der Waals surface area (Å²) in [5.41, 5.74) is 1.82. The smallest absolute Gasteiger partial charge is 0.272 e.